The number of carbonyl (C=O) groups excluding carboxylic acids is 1. The smallest absolute Gasteiger partial charge is 0.251 e. The molecule has 5 nitrogen and oxygen atoms in total. The second kappa shape index (κ2) is 9.97. The monoisotopic (exact) mass is 369 g/mol. The Kier molecular flexibility index (Phi) is 7.11. The van der Waals surface area contributed by atoms with Crippen molar-refractivity contribution in [1.29, 1.82) is 0 Å². The molecule has 1 amide bonds. The fourth-order valence-corrected chi connectivity index (χ4v) is 3.06. The molecule has 5 heteroatoms. The number of amides is 1. The van der Waals surface area contributed by atoms with E-state index in [2.05, 4.69) is 17.4 Å². The molecule has 0 aromatic heterocycles. The number of nitrogens with one attached hydrogen (secondary N) is 1. The van der Waals surface area contributed by atoms with Gasteiger partial charge in [-0.15, -0.1) is 0 Å². The van der Waals surface area contributed by atoms with Crippen LogP contribution in [0.5, 0.6) is 11.5 Å². The first-order valence-electron chi connectivity index (χ1n) is 9.50. The lowest BCUT2D eigenvalue weighted by molar-refractivity contribution is 0.0679. The molecule has 1 aliphatic heterocycles. The van der Waals surface area contributed by atoms with Gasteiger partial charge in [-0.05, 0) is 67.6 Å². The zero-order valence-electron chi connectivity index (χ0n) is 15.8. The van der Waals surface area contributed by atoms with E-state index < -0.39 is 0 Å². The molecule has 1 aliphatic rings. The van der Waals surface area contributed by atoms with Gasteiger partial charge in [-0.2, -0.15) is 0 Å². The molecule has 0 aliphatic carbocycles. The molecule has 0 radical (unpaired) electrons. The first-order chi connectivity index (χ1) is 13.2. The summed E-state index contributed by atoms with van der Waals surface area (Å²) in [4.78, 5) is 12.2. The van der Waals surface area contributed by atoms with Crippen molar-refractivity contribution in [3.63, 3.8) is 0 Å². The number of benzene rings is 2. The first kappa shape index (κ1) is 19.2. The van der Waals surface area contributed by atoms with Crippen molar-refractivity contribution in [2.75, 3.05) is 26.9 Å². The van der Waals surface area contributed by atoms with Crippen LogP contribution in [0.15, 0.2) is 48.5 Å². The number of aryl methyl sites for hydroxylation is 1. The van der Waals surface area contributed by atoms with E-state index in [0.29, 0.717) is 18.7 Å². The van der Waals surface area contributed by atoms with E-state index in [4.69, 9.17) is 14.2 Å². The summed E-state index contributed by atoms with van der Waals surface area (Å²) in [7, 11) is 1.66. The number of ether oxygens (including phenoxy) is 3. The molecule has 0 spiro atoms. The Labute approximate surface area is 160 Å². The lowest BCUT2D eigenvalue weighted by atomic mass is 10.1. The van der Waals surface area contributed by atoms with Gasteiger partial charge in [0.2, 0.25) is 0 Å². The van der Waals surface area contributed by atoms with Crippen LogP contribution in [0.25, 0.3) is 0 Å². The van der Waals surface area contributed by atoms with Gasteiger partial charge in [0.15, 0.2) is 0 Å². The van der Waals surface area contributed by atoms with Crippen LogP contribution in [-0.2, 0) is 11.2 Å². The van der Waals surface area contributed by atoms with Crippen molar-refractivity contribution in [3.8, 4) is 11.5 Å². The summed E-state index contributed by atoms with van der Waals surface area (Å²) in [6.45, 7) is 2.03. The fourth-order valence-electron chi connectivity index (χ4n) is 3.06. The van der Waals surface area contributed by atoms with Crippen molar-refractivity contribution < 1.29 is 19.0 Å². The minimum Gasteiger partial charge on any atom is -0.497 e. The van der Waals surface area contributed by atoms with Gasteiger partial charge in [-0.25, -0.2) is 0 Å². The van der Waals surface area contributed by atoms with E-state index >= 15 is 0 Å². The highest BCUT2D eigenvalue weighted by molar-refractivity contribution is 5.94. The van der Waals surface area contributed by atoms with Gasteiger partial charge in [0.25, 0.3) is 5.91 Å². The number of methoxy groups -OCH3 is 1. The summed E-state index contributed by atoms with van der Waals surface area (Å²) in [6.07, 6.45) is 4.16. The van der Waals surface area contributed by atoms with Gasteiger partial charge in [0.1, 0.15) is 18.1 Å². The molecule has 2 aromatic rings. The summed E-state index contributed by atoms with van der Waals surface area (Å²) in [6, 6.07) is 15.3. The lowest BCUT2D eigenvalue weighted by Gasteiger charge is -2.12. The summed E-state index contributed by atoms with van der Waals surface area (Å²) >= 11 is 0. The first-order valence-corrected chi connectivity index (χ1v) is 9.50. The Hall–Kier alpha value is -2.53. The predicted molar refractivity (Wildman–Crippen MR) is 105 cm³/mol. The van der Waals surface area contributed by atoms with Crippen molar-refractivity contribution in [3.05, 3.63) is 59.7 Å². The van der Waals surface area contributed by atoms with Crippen molar-refractivity contribution in [2.45, 2.75) is 31.8 Å². The molecule has 1 atom stereocenters. The van der Waals surface area contributed by atoms with Gasteiger partial charge >= 0.3 is 0 Å². The van der Waals surface area contributed by atoms with Crippen LogP contribution in [0.1, 0.15) is 35.2 Å². The molecule has 1 heterocycles. The molecule has 0 bridgehead atoms. The molecule has 0 saturated carbocycles. The quantitative estimate of drug-likeness (QED) is 0.686. The Bertz CT molecular complexity index is 706. The van der Waals surface area contributed by atoms with Crippen LogP contribution in [0.3, 0.4) is 0 Å². The summed E-state index contributed by atoms with van der Waals surface area (Å²) < 4.78 is 16.4. The third kappa shape index (κ3) is 6.00. The maximum atomic E-state index is 12.2. The maximum Gasteiger partial charge on any atom is 0.251 e. The highest BCUT2D eigenvalue weighted by Crippen LogP contribution is 2.17. The van der Waals surface area contributed by atoms with E-state index in [0.717, 1.165) is 43.8 Å². The lowest BCUT2D eigenvalue weighted by Crippen LogP contribution is -2.24. The Morgan fingerprint density at radius 3 is 2.52 bits per heavy atom. The van der Waals surface area contributed by atoms with Crippen molar-refractivity contribution >= 4 is 5.91 Å². The minimum absolute atomic E-state index is 0.0598. The fraction of sp³-hybridized carbons (Fsp3) is 0.409. The predicted octanol–water partition coefficient (Wildman–Crippen LogP) is 3.62. The Morgan fingerprint density at radius 2 is 1.85 bits per heavy atom. The number of hydrogen-bond donors (Lipinski definition) is 1. The second-order valence-corrected chi connectivity index (χ2v) is 6.68. The molecule has 1 N–H and O–H groups in total. The van der Waals surface area contributed by atoms with Crippen molar-refractivity contribution in [1.82, 2.24) is 5.32 Å². The topological polar surface area (TPSA) is 56.8 Å². The van der Waals surface area contributed by atoms with Crippen LogP contribution in [-0.4, -0.2) is 38.9 Å². The third-order valence-corrected chi connectivity index (χ3v) is 4.66. The van der Waals surface area contributed by atoms with E-state index in [-0.39, 0.29) is 12.0 Å². The highest BCUT2D eigenvalue weighted by atomic mass is 16.5. The molecule has 27 heavy (non-hydrogen) atoms. The minimum atomic E-state index is -0.0598. The van der Waals surface area contributed by atoms with E-state index in [1.54, 1.807) is 19.2 Å². The van der Waals surface area contributed by atoms with Gasteiger partial charge in [-0.1, -0.05) is 12.1 Å². The molecule has 1 fully saturated rings. The van der Waals surface area contributed by atoms with Gasteiger partial charge in [-0.3, -0.25) is 4.79 Å². The van der Waals surface area contributed by atoms with E-state index in [9.17, 15) is 4.79 Å². The van der Waals surface area contributed by atoms with E-state index in [1.807, 2.05) is 24.3 Å². The average Bonchev–Trinajstić information content (AvgIpc) is 3.24. The highest BCUT2D eigenvalue weighted by Gasteiger charge is 2.16. The summed E-state index contributed by atoms with van der Waals surface area (Å²) in [5, 5.41) is 2.96. The van der Waals surface area contributed by atoms with Crippen LogP contribution in [0.2, 0.25) is 0 Å². The molecule has 1 saturated heterocycles. The zero-order valence-corrected chi connectivity index (χ0v) is 15.8. The van der Waals surface area contributed by atoms with Crippen LogP contribution in [0, 0.1) is 0 Å². The standard InChI is InChI=1S/C22H27NO4/c1-25-19-10-6-17(7-11-19)4-2-14-23-22(24)18-8-12-20(13-9-18)27-16-21-5-3-15-26-21/h6-13,21H,2-5,14-16H2,1H3,(H,23,24). The number of hydrogen-bond acceptors (Lipinski definition) is 4. The molecule has 144 valence electrons. The zero-order chi connectivity index (χ0) is 18.9. The largest absolute Gasteiger partial charge is 0.497 e. The SMILES string of the molecule is COc1ccc(CCCNC(=O)c2ccc(OCC3CCCO3)cc2)cc1. The Balaban J connectivity index is 1.37. The second-order valence-electron chi connectivity index (χ2n) is 6.68. The summed E-state index contributed by atoms with van der Waals surface area (Å²) in [5.74, 6) is 1.56. The molecule has 2 aromatic carbocycles. The number of carbonyl (C=O) groups is 1. The average molecular weight is 369 g/mol. The van der Waals surface area contributed by atoms with Crippen LogP contribution < -0.4 is 14.8 Å². The van der Waals surface area contributed by atoms with Crippen LogP contribution in [0.4, 0.5) is 0 Å². The van der Waals surface area contributed by atoms with Crippen LogP contribution >= 0.6 is 0 Å². The van der Waals surface area contributed by atoms with Gasteiger partial charge in [0, 0.05) is 18.7 Å². The summed E-state index contributed by atoms with van der Waals surface area (Å²) in [5.41, 5.74) is 1.88. The molecular weight excluding hydrogens is 342 g/mol. The van der Waals surface area contributed by atoms with Gasteiger partial charge < -0.3 is 19.5 Å². The third-order valence-electron chi connectivity index (χ3n) is 4.66. The maximum absolute atomic E-state index is 12.2. The molecular formula is C22H27NO4. The molecule has 3 rings (SSSR count). The normalized spacial score (nSPS) is 16.1. The van der Waals surface area contributed by atoms with Crippen molar-refractivity contribution in [2.24, 2.45) is 0 Å². The van der Waals surface area contributed by atoms with E-state index in [1.165, 1.54) is 5.56 Å². The molecule has 1 unspecified atom stereocenters. The van der Waals surface area contributed by atoms with Gasteiger partial charge in [0.05, 0.1) is 13.2 Å². The number of rotatable bonds is 9. The Morgan fingerprint density at radius 1 is 1.11 bits per heavy atom.